The zero-order valence-corrected chi connectivity index (χ0v) is 11.4. The van der Waals surface area contributed by atoms with E-state index in [1.807, 2.05) is 4.57 Å². The molecule has 0 bridgehead atoms. The number of aliphatic carboxylic acids is 1. The van der Waals surface area contributed by atoms with Gasteiger partial charge in [-0.25, -0.2) is 18.1 Å². The standard InChI is InChI=1S/C11H17N3O4S/c1-8(11(15)16)19(17,18)13-9-3-2-4-10(9)14-6-5-12-7-14/h5-10,13H,2-4H2,1H3,(H,15,16). The van der Waals surface area contributed by atoms with E-state index in [9.17, 15) is 13.2 Å². The van der Waals surface area contributed by atoms with Gasteiger partial charge in [-0.3, -0.25) is 4.79 Å². The number of carbonyl (C=O) groups is 1. The van der Waals surface area contributed by atoms with E-state index < -0.39 is 21.2 Å². The number of rotatable bonds is 5. The minimum Gasteiger partial charge on any atom is -0.480 e. The number of nitrogens with zero attached hydrogens (tertiary/aromatic N) is 2. The molecule has 0 aromatic carbocycles. The molecule has 1 saturated carbocycles. The number of imidazole rings is 1. The maximum atomic E-state index is 11.9. The van der Waals surface area contributed by atoms with Crippen molar-refractivity contribution in [1.29, 1.82) is 0 Å². The first-order valence-corrected chi connectivity index (χ1v) is 7.68. The summed E-state index contributed by atoms with van der Waals surface area (Å²) >= 11 is 0. The third-order valence-corrected chi connectivity index (χ3v) is 5.28. The third-order valence-electron chi connectivity index (χ3n) is 3.52. The first-order valence-electron chi connectivity index (χ1n) is 6.13. The van der Waals surface area contributed by atoms with Crippen molar-refractivity contribution in [2.45, 2.75) is 43.5 Å². The van der Waals surface area contributed by atoms with Crippen molar-refractivity contribution < 1.29 is 18.3 Å². The lowest BCUT2D eigenvalue weighted by Gasteiger charge is -2.23. The molecule has 106 valence electrons. The summed E-state index contributed by atoms with van der Waals surface area (Å²) in [7, 11) is -3.85. The highest BCUT2D eigenvalue weighted by atomic mass is 32.2. The van der Waals surface area contributed by atoms with E-state index in [0.717, 1.165) is 12.8 Å². The second kappa shape index (κ2) is 5.30. The second-order valence-corrected chi connectivity index (χ2v) is 6.79. The van der Waals surface area contributed by atoms with E-state index in [4.69, 9.17) is 5.11 Å². The number of nitrogens with one attached hydrogen (secondary N) is 1. The molecule has 2 rings (SSSR count). The van der Waals surface area contributed by atoms with Gasteiger partial charge in [0, 0.05) is 18.4 Å². The van der Waals surface area contributed by atoms with Crippen molar-refractivity contribution in [3.63, 3.8) is 0 Å². The topological polar surface area (TPSA) is 101 Å². The number of hydrogen-bond acceptors (Lipinski definition) is 4. The molecule has 19 heavy (non-hydrogen) atoms. The zero-order valence-electron chi connectivity index (χ0n) is 10.6. The van der Waals surface area contributed by atoms with Crippen LogP contribution in [0.2, 0.25) is 0 Å². The van der Waals surface area contributed by atoms with Crippen molar-refractivity contribution >= 4 is 16.0 Å². The first-order chi connectivity index (χ1) is 8.92. The Morgan fingerprint density at radius 2 is 2.26 bits per heavy atom. The maximum Gasteiger partial charge on any atom is 0.323 e. The highest BCUT2D eigenvalue weighted by Crippen LogP contribution is 2.30. The van der Waals surface area contributed by atoms with Crippen molar-refractivity contribution in [1.82, 2.24) is 14.3 Å². The monoisotopic (exact) mass is 287 g/mol. The van der Waals surface area contributed by atoms with Crippen molar-refractivity contribution in [3.05, 3.63) is 18.7 Å². The molecule has 0 spiro atoms. The van der Waals surface area contributed by atoms with E-state index in [0.29, 0.717) is 6.42 Å². The fraction of sp³-hybridized carbons (Fsp3) is 0.636. The molecule has 1 fully saturated rings. The van der Waals surface area contributed by atoms with Crippen LogP contribution in [0.15, 0.2) is 18.7 Å². The number of carboxylic acid groups (broad SMARTS) is 1. The number of carboxylic acids is 1. The van der Waals surface area contributed by atoms with Crippen LogP contribution in [0.25, 0.3) is 0 Å². The van der Waals surface area contributed by atoms with Crippen molar-refractivity contribution in [2.24, 2.45) is 0 Å². The number of hydrogen-bond donors (Lipinski definition) is 2. The Balaban J connectivity index is 2.12. The smallest absolute Gasteiger partial charge is 0.323 e. The van der Waals surface area contributed by atoms with Crippen LogP contribution in [-0.4, -0.2) is 40.3 Å². The van der Waals surface area contributed by atoms with Gasteiger partial charge < -0.3 is 9.67 Å². The Morgan fingerprint density at radius 3 is 2.84 bits per heavy atom. The summed E-state index contributed by atoms with van der Waals surface area (Å²) in [6.45, 7) is 1.17. The predicted octanol–water partition coefficient (Wildman–Crippen LogP) is 0.369. The van der Waals surface area contributed by atoms with Crippen molar-refractivity contribution in [3.8, 4) is 0 Å². The average molecular weight is 287 g/mol. The van der Waals surface area contributed by atoms with Crippen LogP contribution in [0.1, 0.15) is 32.2 Å². The molecular formula is C11H17N3O4S. The molecule has 0 amide bonds. The lowest BCUT2D eigenvalue weighted by atomic mass is 10.2. The van der Waals surface area contributed by atoms with Gasteiger partial charge in [0.15, 0.2) is 5.25 Å². The number of aromatic nitrogens is 2. The summed E-state index contributed by atoms with van der Waals surface area (Å²) in [5.74, 6) is -1.34. The minimum atomic E-state index is -3.85. The van der Waals surface area contributed by atoms with Crippen molar-refractivity contribution in [2.75, 3.05) is 0 Å². The molecule has 2 N–H and O–H groups in total. The van der Waals surface area contributed by atoms with Crippen LogP contribution < -0.4 is 4.72 Å². The maximum absolute atomic E-state index is 11.9. The van der Waals surface area contributed by atoms with Crippen LogP contribution in [0, 0.1) is 0 Å². The van der Waals surface area contributed by atoms with Gasteiger partial charge in [0.05, 0.1) is 12.4 Å². The molecule has 8 heteroatoms. The molecule has 0 saturated heterocycles. The molecule has 0 radical (unpaired) electrons. The average Bonchev–Trinajstić information content (AvgIpc) is 2.96. The molecule has 7 nitrogen and oxygen atoms in total. The quantitative estimate of drug-likeness (QED) is 0.814. The summed E-state index contributed by atoms with van der Waals surface area (Å²) in [4.78, 5) is 14.7. The summed E-state index contributed by atoms with van der Waals surface area (Å²) in [5.41, 5.74) is 0. The second-order valence-electron chi connectivity index (χ2n) is 4.76. The zero-order chi connectivity index (χ0) is 14.0. The fourth-order valence-corrected chi connectivity index (χ4v) is 3.51. The van der Waals surface area contributed by atoms with Gasteiger partial charge in [-0.15, -0.1) is 0 Å². The van der Waals surface area contributed by atoms with Gasteiger partial charge >= 0.3 is 5.97 Å². The summed E-state index contributed by atoms with van der Waals surface area (Å²) in [5, 5.41) is 7.36. The van der Waals surface area contributed by atoms with Gasteiger partial charge in [0.1, 0.15) is 0 Å². The van der Waals surface area contributed by atoms with E-state index in [-0.39, 0.29) is 12.1 Å². The Bertz CT molecular complexity index is 540. The SMILES string of the molecule is CC(C(=O)O)S(=O)(=O)NC1CCCC1n1ccnc1. The Kier molecular flexibility index (Phi) is 3.91. The molecular weight excluding hydrogens is 270 g/mol. The van der Waals surface area contributed by atoms with Gasteiger partial charge in [-0.05, 0) is 26.2 Å². The predicted molar refractivity (Wildman–Crippen MR) is 68.1 cm³/mol. The fourth-order valence-electron chi connectivity index (χ4n) is 2.35. The molecule has 1 aromatic rings. The van der Waals surface area contributed by atoms with Crippen LogP contribution in [0.4, 0.5) is 0 Å². The molecule has 1 heterocycles. The third kappa shape index (κ3) is 2.95. The molecule has 1 aliphatic carbocycles. The molecule has 3 unspecified atom stereocenters. The highest BCUT2D eigenvalue weighted by Gasteiger charge is 2.35. The Hall–Kier alpha value is -1.41. The molecule has 0 aliphatic heterocycles. The minimum absolute atomic E-state index is 0.00160. The van der Waals surface area contributed by atoms with E-state index in [2.05, 4.69) is 9.71 Å². The van der Waals surface area contributed by atoms with Crippen LogP contribution in [0.5, 0.6) is 0 Å². The Morgan fingerprint density at radius 1 is 1.53 bits per heavy atom. The van der Waals surface area contributed by atoms with Gasteiger partial charge in [-0.2, -0.15) is 0 Å². The van der Waals surface area contributed by atoms with Crippen LogP contribution in [-0.2, 0) is 14.8 Å². The first kappa shape index (κ1) is 14.0. The summed E-state index contributed by atoms with van der Waals surface area (Å²) < 4.78 is 28.2. The highest BCUT2D eigenvalue weighted by molar-refractivity contribution is 7.90. The van der Waals surface area contributed by atoms with E-state index in [1.54, 1.807) is 18.7 Å². The Labute approximate surface area is 111 Å². The largest absolute Gasteiger partial charge is 0.480 e. The summed E-state index contributed by atoms with van der Waals surface area (Å²) in [6.07, 6.45) is 7.54. The normalized spacial score (nSPS) is 25.3. The van der Waals surface area contributed by atoms with Gasteiger partial charge in [-0.1, -0.05) is 0 Å². The summed E-state index contributed by atoms with van der Waals surface area (Å²) in [6, 6.07) is -0.278. The lowest BCUT2D eigenvalue weighted by Crippen LogP contribution is -2.44. The van der Waals surface area contributed by atoms with Gasteiger partial charge in [0.2, 0.25) is 10.0 Å². The molecule has 3 atom stereocenters. The van der Waals surface area contributed by atoms with Gasteiger partial charge in [0.25, 0.3) is 0 Å². The number of sulfonamides is 1. The van der Waals surface area contributed by atoms with E-state index in [1.165, 1.54) is 6.92 Å². The van der Waals surface area contributed by atoms with Crippen LogP contribution in [0.3, 0.4) is 0 Å². The molecule has 1 aromatic heterocycles. The molecule has 1 aliphatic rings. The lowest BCUT2D eigenvalue weighted by molar-refractivity contribution is -0.136. The van der Waals surface area contributed by atoms with Crippen LogP contribution >= 0.6 is 0 Å². The van der Waals surface area contributed by atoms with E-state index >= 15 is 0 Å².